The molecule has 1 aromatic heterocycles. The van der Waals surface area contributed by atoms with E-state index < -0.39 is 0 Å². The van der Waals surface area contributed by atoms with Crippen LogP contribution in [0.4, 0.5) is 0 Å². The molecule has 2 rings (SSSR count). The number of benzene rings is 1. The number of nitrogens with zero attached hydrogens (tertiary/aromatic N) is 4. The monoisotopic (exact) mass is 246 g/mol. The molecule has 0 bridgehead atoms. The van der Waals surface area contributed by atoms with E-state index in [-0.39, 0.29) is 6.61 Å². The Labute approximate surface area is 105 Å². The zero-order valence-corrected chi connectivity index (χ0v) is 10.2. The SMILES string of the molecule is CCCCOn1nnc2cc(OCC#N)ccc21. The first kappa shape index (κ1) is 12.2. The van der Waals surface area contributed by atoms with Crippen molar-refractivity contribution in [1.29, 1.82) is 5.26 Å². The Morgan fingerprint density at radius 3 is 3.11 bits per heavy atom. The quantitative estimate of drug-likeness (QED) is 0.723. The minimum absolute atomic E-state index is 0.0205. The molecule has 18 heavy (non-hydrogen) atoms. The number of rotatable bonds is 6. The van der Waals surface area contributed by atoms with Crippen LogP contribution in [0.5, 0.6) is 5.75 Å². The smallest absolute Gasteiger partial charge is 0.174 e. The molecule has 0 fully saturated rings. The van der Waals surface area contributed by atoms with Gasteiger partial charge in [0.2, 0.25) is 0 Å². The van der Waals surface area contributed by atoms with Crippen molar-refractivity contribution in [1.82, 2.24) is 15.2 Å². The van der Waals surface area contributed by atoms with Gasteiger partial charge < -0.3 is 9.57 Å². The molecule has 0 aliphatic heterocycles. The molecule has 0 unspecified atom stereocenters. The predicted molar refractivity (Wildman–Crippen MR) is 65.0 cm³/mol. The highest BCUT2D eigenvalue weighted by molar-refractivity contribution is 5.75. The summed E-state index contributed by atoms with van der Waals surface area (Å²) in [5.74, 6) is 0.602. The Bertz CT molecular complexity index is 559. The fourth-order valence-electron chi connectivity index (χ4n) is 1.48. The van der Waals surface area contributed by atoms with E-state index in [0.717, 1.165) is 18.4 Å². The van der Waals surface area contributed by atoms with E-state index in [0.29, 0.717) is 17.9 Å². The van der Waals surface area contributed by atoms with Crippen LogP contribution in [0.1, 0.15) is 19.8 Å². The normalized spacial score (nSPS) is 10.2. The van der Waals surface area contributed by atoms with Gasteiger partial charge in [-0.25, -0.2) is 0 Å². The lowest BCUT2D eigenvalue weighted by Crippen LogP contribution is -2.14. The molecule has 0 radical (unpaired) electrons. The van der Waals surface area contributed by atoms with Gasteiger partial charge in [-0.2, -0.15) is 5.26 Å². The van der Waals surface area contributed by atoms with Crippen LogP contribution in [-0.4, -0.2) is 28.4 Å². The lowest BCUT2D eigenvalue weighted by molar-refractivity contribution is 0.0853. The summed E-state index contributed by atoms with van der Waals surface area (Å²) in [6.07, 6.45) is 2.05. The van der Waals surface area contributed by atoms with Crippen LogP contribution < -0.4 is 9.57 Å². The van der Waals surface area contributed by atoms with Crippen molar-refractivity contribution >= 4 is 11.0 Å². The van der Waals surface area contributed by atoms with Crippen LogP contribution in [0.25, 0.3) is 11.0 Å². The molecule has 1 aromatic carbocycles. The second kappa shape index (κ2) is 5.87. The Balaban J connectivity index is 2.13. The molecule has 0 saturated heterocycles. The standard InChI is InChI=1S/C12H14N4O2/c1-2-3-7-18-16-12-5-4-10(17-8-6-13)9-11(12)14-15-16/h4-5,9H,2-3,7-8H2,1H3. The first-order chi connectivity index (χ1) is 8.85. The Morgan fingerprint density at radius 1 is 1.44 bits per heavy atom. The van der Waals surface area contributed by atoms with E-state index in [9.17, 15) is 0 Å². The average molecular weight is 246 g/mol. The van der Waals surface area contributed by atoms with Crippen LogP contribution in [-0.2, 0) is 0 Å². The third-order valence-corrected chi connectivity index (χ3v) is 2.40. The zero-order valence-electron chi connectivity index (χ0n) is 10.2. The highest BCUT2D eigenvalue weighted by atomic mass is 16.7. The molecular formula is C12H14N4O2. The lowest BCUT2D eigenvalue weighted by atomic mass is 10.3. The molecule has 6 nitrogen and oxygen atoms in total. The third kappa shape index (κ3) is 2.69. The molecule has 0 spiro atoms. The Kier molecular flexibility index (Phi) is 3.97. The van der Waals surface area contributed by atoms with Gasteiger partial charge in [-0.05, 0) is 23.8 Å². The third-order valence-electron chi connectivity index (χ3n) is 2.40. The predicted octanol–water partition coefficient (Wildman–Crippen LogP) is 1.56. The van der Waals surface area contributed by atoms with Crippen LogP contribution in [0, 0.1) is 11.3 Å². The zero-order chi connectivity index (χ0) is 12.8. The number of ether oxygens (including phenoxy) is 1. The fraction of sp³-hybridized carbons (Fsp3) is 0.417. The van der Waals surface area contributed by atoms with Crippen molar-refractivity contribution in [3.63, 3.8) is 0 Å². The summed E-state index contributed by atoms with van der Waals surface area (Å²) in [6.45, 7) is 2.73. The molecular weight excluding hydrogens is 232 g/mol. The van der Waals surface area contributed by atoms with E-state index in [1.54, 1.807) is 12.1 Å². The van der Waals surface area contributed by atoms with Gasteiger partial charge in [0.15, 0.2) is 6.61 Å². The second-order valence-electron chi connectivity index (χ2n) is 3.75. The number of nitriles is 1. The lowest BCUT2D eigenvalue weighted by Gasteiger charge is -2.04. The summed E-state index contributed by atoms with van der Waals surface area (Å²) < 4.78 is 5.19. The van der Waals surface area contributed by atoms with Crippen LogP contribution >= 0.6 is 0 Å². The van der Waals surface area contributed by atoms with Gasteiger partial charge in [0.25, 0.3) is 0 Å². The van der Waals surface area contributed by atoms with Crippen molar-refractivity contribution in [2.75, 3.05) is 13.2 Å². The summed E-state index contributed by atoms with van der Waals surface area (Å²) in [7, 11) is 0. The summed E-state index contributed by atoms with van der Waals surface area (Å²) in [6, 6.07) is 7.23. The summed E-state index contributed by atoms with van der Waals surface area (Å²) >= 11 is 0. The highest BCUT2D eigenvalue weighted by Crippen LogP contribution is 2.18. The van der Waals surface area contributed by atoms with Crippen LogP contribution in [0.2, 0.25) is 0 Å². The summed E-state index contributed by atoms with van der Waals surface area (Å²) in [5, 5.41) is 16.3. The second-order valence-corrected chi connectivity index (χ2v) is 3.75. The molecule has 1 heterocycles. The van der Waals surface area contributed by atoms with Gasteiger partial charge in [0.05, 0.1) is 0 Å². The minimum atomic E-state index is 0.0205. The minimum Gasteiger partial charge on any atom is -0.479 e. The molecule has 6 heteroatoms. The van der Waals surface area contributed by atoms with Gasteiger partial charge in [-0.3, -0.25) is 0 Å². The van der Waals surface area contributed by atoms with Crippen LogP contribution in [0.15, 0.2) is 18.2 Å². The molecule has 0 saturated carbocycles. The van der Waals surface area contributed by atoms with Gasteiger partial charge in [-0.15, -0.1) is 5.10 Å². The van der Waals surface area contributed by atoms with E-state index >= 15 is 0 Å². The average Bonchev–Trinajstić information content (AvgIpc) is 2.79. The first-order valence-electron chi connectivity index (χ1n) is 5.83. The van der Waals surface area contributed by atoms with Gasteiger partial charge >= 0.3 is 0 Å². The van der Waals surface area contributed by atoms with Crippen molar-refractivity contribution in [3.05, 3.63) is 18.2 Å². The summed E-state index contributed by atoms with van der Waals surface area (Å²) in [5.41, 5.74) is 1.47. The molecule has 94 valence electrons. The van der Waals surface area contributed by atoms with E-state index in [4.69, 9.17) is 14.8 Å². The number of hydrogen-bond acceptors (Lipinski definition) is 5. The molecule has 0 aliphatic carbocycles. The maximum Gasteiger partial charge on any atom is 0.174 e. The largest absolute Gasteiger partial charge is 0.479 e. The van der Waals surface area contributed by atoms with Crippen molar-refractivity contribution in [3.8, 4) is 11.8 Å². The number of hydrogen-bond donors (Lipinski definition) is 0. The Hall–Kier alpha value is -2.29. The van der Waals surface area contributed by atoms with E-state index in [1.807, 2.05) is 12.1 Å². The molecule has 0 N–H and O–H groups in total. The maximum atomic E-state index is 8.44. The fourth-order valence-corrected chi connectivity index (χ4v) is 1.48. The van der Waals surface area contributed by atoms with Crippen LogP contribution in [0.3, 0.4) is 0 Å². The van der Waals surface area contributed by atoms with Crippen molar-refractivity contribution < 1.29 is 9.57 Å². The molecule has 2 aromatic rings. The van der Waals surface area contributed by atoms with Crippen molar-refractivity contribution in [2.24, 2.45) is 0 Å². The van der Waals surface area contributed by atoms with E-state index in [1.165, 1.54) is 4.85 Å². The maximum absolute atomic E-state index is 8.44. The van der Waals surface area contributed by atoms with Gasteiger partial charge in [0.1, 0.15) is 29.5 Å². The number of fused-ring (bicyclic) bond motifs is 1. The molecule has 0 atom stereocenters. The topological polar surface area (TPSA) is 73.0 Å². The number of aromatic nitrogens is 3. The molecule has 0 amide bonds. The highest BCUT2D eigenvalue weighted by Gasteiger charge is 2.06. The van der Waals surface area contributed by atoms with Crippen molar-refractivity contribution in [2.45, 2.75) is 19.8 Å². The van der Waals surface area contributed by atoms with E-state index in [2.05, 4.69) is 17.2 Å². The van der Waals surface area contributed by atoms with Gasteiger partial charge in [-0.1, -0.05) is 18.2 Å². The summed E-state index contributed by atoms with van der Waals surface area (Å²) in [4.78, 5) is 6.89. The number of unbranched alkanes of at least 4 members (excludes halogenated alkanes) is 1. The van der Waals surface area contributed by atoms with Gasteiger partial charge in [0, 0.05) is 6.07 Å². The molecule has 0 aliphatic rings. The first-order valence-corrected chi connectivity index (χ1v) is 5.83. The Morgan fingerprint density at radius 2 is 2.33 bits per heavy atom.